The Bertz CT molecular complexity index is 1300. The maximum absolute atomic E-state index is 13.3. The van der Waals surface area contributed by atoms with Gasteiger partial charge in [0.15, 0.2) is 5.58 Å². The summed E-state index contributed by atoms with van der Waals surface area (Å²) in [5, 5.41) is 6.60. The molecule has 0 bridgehead atoms. The molecule has 38 heavy (non-hydrogen) atoms. The van der Waals surface area contributed by atoms with Crippen LogP contribution in [0.1, 0.15) is 98.7 Å². The molecule has 1 heterocycles. The summed E-state index contributed by atoms with van der Waals surface area (Å²) >= 11 is 5.97. The van der Waals surface area contributed by atoms with Crippen molar-refractivity contribution in [2.75, 3.05) is 6.54 Å². The lowest BCUT2D eigenvalue weighted by molar-refractivity contribution is -0.128. The van der Waals surface area contributed by atoms with Gasteiger partial charge in [0.1, 0.15) is 11.1 Å². The van der Waals surface area contributed by atoms with Crippen LogP contribution in [0.2, 0.25) is 5.02 Å². The van der Waals surface area contributed by atoms with Crippen molar-refractivity contribution in [1.29, 1.82) is 0 Å². The average Bonchev–Trinajstić information content (AvgIpc) is 3.32. The van der Waals surface area contributed by atoms with Crippen LogP contribution < -0.4 is 10.6 Å². The highest BCUT2D eigenvalue weighted by atomic mass is 35.5. The summed E-state index contributed by atoms with van der Waals surface area (Å²) < 4.78 is 5.54. The Morgan fingerprint density at radius 2 is 1.71 bits per heavy atom. The molecule has 0 atom stereocenters. The van der Waals surface area contributed by atoms with E-state index in [2.05, 4.69) is 36.4 Å². The summed E-state index contributed by atoms with van der Waals surface area (Å²) in [6.07, 6.45) is 5.54. The van der Waals surface area contributed by atoms with E-state index >= 15 is 0 Å². The molecule has 1 aromatic heterocycles. The maximum atomic E-state index is 13.3. The van der Waals surface area contributed by atoms with Crippen molar-refractivity contribution in [3.8, 4) is 0 Å². The zero-order valence-electron chi connectivity index (χ0n) is 22.4. The SMILES string of the molecule is CC(C)(C)c1ccc(C(=O)NC2(C(=O)NCCCCC(=O)c3nc4cc(Cl)ccc4o3)CCCCC2)cc1. The summed E-state index contributed by atoms with van der Waals surface area (Å²) in [7, 11) is 0. The molecule has 202 valence electrons. The van der Waals surface area contributed by atoms with Gasteiger partial charge in [-0.2, -0.15) is 0 Å². The third-order valence-corrected chi connectivity index (χ3v) is 7.45. The van der Waals surface area contributed by atoms with Crippen LogP contribution in [0.3, 0.4) is 0 Å². The third kappa shape index (κ3) is 6.62. The number of unbranched alkanes of at least 4 members (excludes halogenated alkanes) is 1. The number of carbonyl (C=O) groups excluding carboxylic acids is 3. The first kappa shape index (κ1) is 27.8. The monoisotopic (exact) mass is 537 g/mol. The molecule has 7 nitrogen and oxygen atoms in total. The second-order valence-corrected chi connectivity index (χ2v) is 11.6. The highest BCUT2D eigenvalue weighted by molar-refractivity contribution is 6.31. The van der Waals surface area contributed by atoms with Crippen LogP contribution >= 0.6 is 11.6 Å². The van der Waals surface area contributed by atoms with Gasteiger partial charge in [-0.15, -0.1) is 0 Å². The Kier molecular flexibility index (Phi) is 8.56. The number of Topliss-reactive ketones (excluding diaryl/α,β-unsaturated/α-hetero) is 1. The normalized spacial score (nSPS) is 15.3. The van der Waals surface area contributed by atoms with Crippen LogP contribution in [-0.4, -0.2) is 34.7 Å². The maximum Gasteiger partial charge on any atom is 0.264 e. The van der Waals surface area contributed by atoms with Gasteiger partial charge >= 0.3 is 0 Å². The highest BCUT2D eigenvalue weighted by Crippen LogP contribution is 2.29. The van der Waals surface area contributed by atoms with E-state index in [4.69, 9.17) is 16.0 Å². The molecule has 8 heteroatoms. The zero-order valence-corrected chi connectivity index (χ0v) is 23.1. The molecule has 0 aliphatic heterocycles. The van der Waals surface area contributed by atoms with E-state index < -0.39 is 5.54 Å². The molecule has 1 fully saturated rings. The van der Waals surface area contributed by atoms with Crippen molar-refractivity contribution in [2.45, 2.75) is 83.1 Å². The first-order chi connectivity index (χ1) is 18.1. The van der Waals surface area contributed by atoms with Crippen molar-refractivity contribution in [1.82, 2.24) is 15.6 Å². The van der Waals surface area contributed by atoms with Crippen LogP contribution in [0, 0.1) is 0 Å². The van der Waals surface area contributed by atoms with Gasteiger partial charge in [-0.1, -0.05) is 63.8 Å². The molecule has 0 unspecified atom stereocenters. The summed E-state index contributed by atoms with van der Waals surface area (Å²) in [4.78, 5) is 43.1. The van der Waals surface area contributed by atoms with Gasteiger partial charge < -0.3 is 15.1 Å². The van der Waals surface area contributed by atoms with E-state index in [0.717, 1.165) is 24.8 Å². The fourth-order valence-electron chi connectivity index (χ4n) is 4.88. The number of fused-ring (bicyclic) bond motifs is 1. The van der Waals surface area contributed by atoms with E-state index in [1.54, 1.807) is 18.2 Å². The van der Waals surface area contributed by atoms with Gasteiger partial charge in [-0.25, -0.2) is 4.98 Å². The van der Waals surface area contributed by atoms with Crippen LogP contribution in [0.4, 0.5) is 0 Å². The number of oxazole rings is 1. The molecular weight excluding hydrogens is 502 g/mol. The van der Waals surface area contributed by atoms with Gasteiger partial charge in [0, 0.05) is 23.6 Å². The number of hydrogen-bond acceptors (Lipinski definition) is 5. The van der Waals surface area contributed by atoms with Gasteiger partial charge in [-0.05, 0) is 67.0 Å². The molecule has 2 aromatic carbocycles. The van der Waals surface area contributed by atoms with Crippen molar-refractivity contribution in [3.05, 3.63) is 64.5 Å². The lowest BCUT2D eigenvalue weighted by atomic mass is 9.80. The van der Waals surface area contributed by atoms with Gasteiger partial charge in [-0.3, -0.25) is 14.4 Å². The number of nitrogens with zero attached hydrogens (tertiary/aromatic N) is 1. The highest BCUT2D eigenvalue weighted by Gasteiger charge is 2.40. The standard InChI is InChI=1S/C30H36ClN3O4/c1-29(2,3)21-12-10-20(11-13-21)26(36)34-30(16-6-4-7-17-30)28(37)32-18-8-5-9-24(35)27-33-23-19-22(31)14-15-25(23)38-27/h10-15,19H,4-9,16-18H2,1-3H3,(H,32,37)(H,34,36). The van der Waals surface area contributed by atoms with Gasteiger partial charge in [0.05, 0.1) is 0 Å². The van der Waals surface area contributed by atoms with Crippen LogP contribution in [0.15, 0.2) is 46.9 Å². The number of ketones is 1. The van der Waals surface area contributed by atoms with E-state index in [1.807, 2.05) is 24.3 Å². The number of hydrogen-bond donors (Lipinski definition) is 2. The molecule has 2 amide bonds. The van der Waals surface area contributed by atoms with Crippen LogP contribution in [-0.2, 0) is 10.2 Å². The molecule has 0 saturated heterocycles. The number of benzene rings is 2. The summed E-state index contributed by atoms with van der Waals surface area (Å²) in [5.41, 5.74) is 1.87. The Labute approximate surface area is 228 Å². The van der Waals surface area contributed by atoms with Gasteiger partial charge in [0.2, 0.25) is 11.7 Å². The number of aromatic nitrogens is 1. The lowest BCUT2D eigenvalue weighted by Crippen LogP contribution is -2.59. The minimum Gasteiger partial charge on any atom is -0.434 e. The molecule has 1 saturated carbocycles. The zero-order chi connectivity index (χ0) is 27.3. The number of carbonyl (C=O) groups is 3. The molecule has 4 rings (SSSR count). The molecular formula is C30H36ClN3O4. The summed E-state index contributed by atoms with van der Waals surface area (Å²) in [6, 6.07) is 12.6. The quantitative estimate of drug-likeness (QED) is 0.243. The van der Waals surface area contributed by atoms with Crippen LogP contribution in [0.25, 0.3) is 11.1 Å². The predicted octanol–water partition coefficient (Wildman–Crippen LogP) is 6.38. The first-order valence-corrected chi connectivity index (χ1v) is 13.8. The molecule has 0 radical (unpaired) electrons. The van der Waals surface area contributed by atoms with Crippen LogP contribution in [0.5, 0.6) is 0 Å². The molecule has 3 aromatic rings. The summed E-state index contributed by atoms with van der Waals surface area (Å²) in [6.45, 7) is 6.82. The van der Waals surface area contributed by atoms with Crippen molar-refractivity contribution in [3.63, 3.8) is 0 Å². The molecule has 1 aliphatic carbocycles. The Morgan fingerprint density at radius 3 is 2.39 bits per heavy atom. The van der Waals surface area contributed by atoms with E-state index in [-0.39, 0.29) is 35.3 Å². The Hall–Kier alpha value is -3.19. The molecule has 0 spiro atoms. The minimum absolute atomic E-state index is 0.000966. The second kappa shape index (κ2) is 11.7. The third-order valence-electron chi connectivity index (χ3n) is 7.21. The smallest absolute Gasteiger partial charge is 0.264 e. The van der Waals surface area contributed by atoms with E-state index in [9.17, 15) is 14.4 Å². The molecule has 1 aliphatic rings. The molecule has 2 N–H and O–H groups in total. The number of halogens is 1. The largest absolute Gasteiger partial charge is 0.434 e. The number of rotatable bonds is 9. The van der Waals surface area contributed by atoms with E-state index in [0.29, 0.717) is 53.9 Å². The fraction of sp³-hybridized carbons (Fsp3) is 0.467. The number of amides is 2. The predicted molar refractivity (Wildman–Crippen MR) is 149 cm³/mol. The van der Waals surface area contributed by atoms with Crippen molar-refractivity contribution < 1.29 is 18.8 Å². The summed E-state index contributed by atoms with van der Waals surface area (Å²) in [5.74, 6) is -0.491. The minimum atomic E-state index is -0.909. The number of nitrogens with one attached hydrogen (secondary N) is 2. The van der Waals surface area contributed by atoms with Crippen molar-refractivity contribution in [2.24, 2.45) is 0 Å². The average molecular weight is 538 g/mol. The Balaban J connectivity index is 1.29. The van der Waals surface area contributed by atoms with E-state index in [1.165, 1.54) is 0 Å². The lowest BCUT2D eigenvalue weighted by Gasteiger charge is -2.36. The topological polar surface area (TPSA) is 101 Å². The fourth-order valence-corrected chi connectivity index (χ4v) is 5.05. The van der Waals surface area contributed by atoms with Gasteiger partial charge in [0.25, 0.3) is 11.8 Å². The van der Waals surface area contributed by atoms with Crippen molar-refractivity contribution >= 4 is 40.3 Å². The second-order valence-electron chi connectivity index (χ2n) is 11.2. The Morgan fingerprint density at radius 1 is 1.00 bits per heavy atom. The first-order valence-electron chi connectivity index (χ1n) is 13.4.